The number of aromatic hydroxyl groups is 1. The van der Waals surface area contributed by atoms with Gasteiger partial charge in [-0.15, -0.1) is 0 Å². The molecule has 18 heavy (non-hydrogen) atoms. The number of benzene rings is 1. The lowest BCUT2D eigenvalue weighted by molar-refractivity contribution is -0.119. The molecule has 0 radical (unpaired) electrons. The Morgan fingerprint density at radius 1 is 1.33 bits per heavy atom. The lowest BCUT2D eigenvalue weighted by Gasteiger charge is -2.28. The predicted octanol–water partition coefficient (Wildman–Crippen LogP) is 2.16. The number of phenolic OH excluding ortho intramolecular Hbond substituents is 1. The van der Waals surface area contributed by atoms with Crippen LogP contribution in [0.25, 0.3) is 0 Å². The van der Waals surface area contributed by atoms with Gasteiger partial charge in [0.1, 0.15) is 11.0 Å². The Balaban J connectivity index is 1.96. The first-order valence-electron chi connectivity index (χ1n) is 5.98. The predicted molar refractivity (Wildman–Crippen MR) is 68.7 cm³/mol. The van der Waals surface area contributed by atoms with Crippen LogP contribution < -0.4 is 5.32 Å². The number of carbonyl (C=O) groups is 2. The number of amides is 2. The minimum absolute atomic E-state index is 0.0748. The molecule has 3 rings (SSSR count). The largest absolute Gasteiger partial charge is 0.508 e. The monoisotopic (exact) mass is 263 g/mol. The van der Waals surface area contributed by atoms with Crippen molar-refractivity contribution in [1.82, 2.24) is 5.32 Å². The maximum atomic E-state index is 11.8. The van der Waals surface area contributed by atoms with E-state index in [1.807, 2.05) is 6.07 Å². The van der Waals surface area contributed by atoms with Crippen LogP contribution in [0, 0.1) is 0 Å². The zero-order chi connectivity index (χ0) is 12.7. The van der Waals surface area contributed by atoms with E-state index in [0.717, 1.165) is 42.2 Å². The lowest BCUT2D eigenvalue weighted by Crippen LogP contribution is -2.30. The van der Waals surface area contributed by atoms with Crippen LogP contribution in [0.5, 0.6) is 5.75 Å². The van der Waals surface area contributed by atoms with Crippen molar-refractivity contribution in [3.05, 3.63) is 29.3 Å². The van der Waals surface area contributed by atoms with Crippen LogP contribution in [0.4, 0.5) is 4.79 Å². The van der Waals surface area contributed by atoms with Crippen LogP contribution in [0.15, 0.2) is 18.2 Å². The van der Waals surface area contributed by atoms with Crippen molar-refractivity contribution < 1.29 is 14.7 Å². The summed E-state index contributed by atoms with van der Waals surface area (Å²) in [5, 5.41) is 11.3. The SMILES string of the molecule is O=C1NC(=O)C([C@@H]2CCCc3cc(O)ccc32)S1. The summed E-state index contributed by atoms with van der Waals surface area (Å²) in [7, 11) is 0. The minimum atomic E-state index is -0.318. The maximum Gasteiger partial charge on any atom is 0.286 e. The smallest absolute Gasteiger partial charge is 0.286 e. The Kier molecular flexibility index (Phi) is 2.78. The Bertz CT molecular complexity index is 529. The molecule has 2 amide bonds. The maximum absolute atomic E-state index is 11.8. The molecule has 0 aromatic heterocycles. The molecule has 0 bridgehead atoms. The molecule has 0 spiro atoms. The third-order valence-electron chi connectivity index (χ3n) is 3.57. The number of carbonyl (C=O) groups excluding carboxylic acids is 2. The highest BCUT2D eigenvalue weighted by Gasteiger charge is 2.40. The van der Waals surface area contributed by atoms with E-state index in [-0.39, 0.29) is 28.1 Å². The zero-order valence-electron chi connectivity index (χ0n) is 9.68. The first-order chi connectivity index (χ1) is 8.65. The van der Waals surface area contributed by atoms with Gasteiger partial charge in [0, 0.05) is 5.92 Å². The summed E-state index contributed by atoms with van der Waals surface area (Å²) in [5.41, 5.74) is 2.19. The second kappa shape index (κ2) is 4.31. The van der Waals surface area contributed by atoms with Gasteiger partial charge in [0.05, 0.1) is 0 Å². The van der Waals surface area contributed by atoms with Crippen molar-refractivity contribution >= 4 is 22.9 Å². The number of nitrogens with one attached hydrogen (secondary N) is 1. The van der Waals surface area contributed by atoms with Crippen LogP contribution >= 0.6 is 11.8 Å². The number of imide groups is 1. The molecule has 2 aliphatic rings. The van der Waals surface area contributed by atoms with E-state index in [0.29, 0.717) is 0 Å². The van der Waals surface area contributed by atoms with Gasteiger partial charge in [0.2, 0.25) is 5.91 Å². The number of hydrogen-bond acceptors (Lipinski definition) is 4. The van der Waals surface area contributed by atoms with Crippen molar-refractivity contribution in [3.8, 4) is 5.75 Å². The molecule has 2 atom stereocenters. The molecule has 1 aromatic rings. The van der Waals surface area contributed by atoms with Gasteiger partial charge >= 0.3 is 0 Å². The van der Waals surface area contributed by atoms with Crippen molar-refractivity contribution in [2.45, 2.75) is 30.4 Å². The highest BCUT2D eigenvalue weighted by atomic mass is 32.2. The highest BCUT2D eigenvalue weighted by Crippen LogP contribution is 2.41. The summed E-state index contributed by atoms with van der Waals surface area (Å²) in [6, 6.07) is 5.29. The molecule has 94 valence electrons. The van der Waals surface area contributed by atoms with Crippen molar-refractivity contribution in [1.29, 1.82) is 0 Å². The Hall–Kier alpha value is -1.49. The number of aryl methyl sites for hydroxylation is 1. The van der Waals surface area contributed by atoms with Crippen molar-refractivity contribution in [2.24, 2.45) is 0 Å². The van der Waals surface area contributed by atoms with Gasteiger partial charge in [-0.1, -0.05) is 17.8 Å². The first kappa shape index (κ1) is 11.6. The average molecular weight is 263 g/mol. The Labute approximate surface area is 109 Å². The molecule has 4 nitrogen and oxygen atoms in total. The highest BCUT2D eigenvalue weighted by molar-refractivity contribution is 8.15. The fourth-order valence-electron chi connectivity index (χ4n) is 2.79. The molecule has 1 unspecified atom stereocenters. The van der Waals surface area contributed by atoms with E-state index in [1.54, 1.807) is 12.1 Å². The molecular formula is C13H13NO3S. The van der Waals surface area contributed by atoms with Gasteiger partial charge in [0.25, 0.3) is 5.24 Å². The second-order valence-electron chi connectivity index (χ2n) is 4.70. The van der Waals surface area contributed by atoms with Crippen molar-refractivity contribution in [2.75, 3.05) is 0 Å². The van der Waals surface area contributed by atoms with E-state index in [1.165, 1.54) is 0 Å². The van der Waals surface area contributed by atoms with E-state index in [2.05, 4.69) is 5.32 Å². The Morgan fingerprint density at radius 2 is 2.17 bits per heavy atom. The third kappa shape index (κ3) is 1.88. The van der Waals surface area contributed by atoms with Gasteiger partial charge in [-0.05, 0) is 42.5 Å². The summed E-state index contributed by atoms with van der Waals surface area (Å²) in [4.78, 5) is 23.0. The van der Waals surface area contributed by atoms with E-state index < -0.39 is 0 Å². The number of fused-ring (bicyclic) bond motifs is 1. The lowest BCUT2D eigenvalue weighted by atomic mass is 9.80. The van der Waals surface area contributed by atoms with Gasteiger partial charge in [0.15, 0.2) is 0 Å². The van der Waals surface area contributed by atoms with Gasteiger partial charge in [-0.2, -0.15) is 0 Å². The Morgan fingerprint density at radius 3 is 2.89 bits per heavy atom. The van der Waals surface area contributed by atoms with Crippen molar-refractivity contribution in [3.63, 3.8) is 0 Å². The summed E-state index contributed by atoms with van der Waals surface area (Å²) >= 11 is 1.09. The van der Waals surface area contributed by atoms with Gasteiger partial charge in [-0.3, -0.25) is 14.9 Å². The normalized spacial score (nSPS) is 26.9. The van der Waals surface area contributed by atoms with E-state index >= 15 is 0 Å². The van der Waals surface area contributed by atoms with Crippen LogP contribution in [0.1, 0.15) is 29.9 Å². The summed E-state index contributed by atoms with van der Waals surface area (Å²) in [5.74, 6) is 0.149. The number of hydrogen-bond donors (Lipinski definition) is 2. The number of rotatable bonds is 1. The quantitative estimate of drug-likeness (QED) is 0.815. The molecule has 1 fully saturated rings. The second-order valence-corrected chi connectivity index (χ2v) is 5.81. The molecule has 1 aromatic carbocycles. The molecule has 1 heterocycles. The van der Waals surface area contributed by atoms with E-state index in [9.17, 15) is 14.7 Å². The van der Waals surface area contributed by atoms with Crippen LogP contribution in [0.3, 0.4) is 0 Å². The zero-order valence-corrected chi connectivity index (χ0v) is 10.5. The number of phenols is 1. The van der Waals surface area contributed by atoms with Crippen LogP contribution in [-0.4, -0.2) is 21.5 Å². The molecule has 5 heteroatoms. The molecule has 2 N–H and O–H groups in total. The summed E-state index contributed by atoms with van der Waals surface area (Å²) in [6.07, 6.45) is 2.82. The average Bonchev–Trinajstić information content (AvgIpc) is 2.67. The van der Waals surface area contributed by atoms with Gasteiger partial charge in [-0.25, -0.2) is 0 Å². The first-order valence-corrected chi connectivity index (χ1v) is 6.86. The minimum Gasteiger partial charge on any atom is -0.508 e. The standard InChI is InChI=1S/C13H13NO3S/c15-8-4-5-9-7(6-8)2-1-3-10(9)11-12(16)14-13(17)18-11/h4-6,10-11,15H,1-3H2,(H,14,16,17)/t10-,11?/m1/s1. The topological polar surface area (TPSA) is 66.4 Å². The molecule has 0 saturated carbocycles. The van der Waals surface area contributed by atoms with Crippen LogP contribution in [-0.2, 0) is 11.2 Å². The molecule has 1 saturated heterocycles. The summed E-state index contributed by atoms with van der Waals surface area (Å²) in [6.45, 7) is 0. The summed E-state index contributed by atoms with van der Waals surface area (Å²) < 4.78 is 0. The molecular weight excluding hydrogens is 250 g/mol. The third-order valence-corrected chi connectivity index (χ3v) is 4.68. The van der Waals surface area contributed by atoms with E-state index in [4.69, 9.17) is 0 Å². The van der Waals surface area contributed by atoms with Gasteiger partial charge < -0.3 is 5.11 Å². The molecule has 1 aliphatic carbocycles. The number of thioether (sulfide) groups is 1. The molecule has 1 aliphatic heterocycles. The van der Waals surface area contributed by atoms with Crippen LogP contribution in [0.2, 0.25) is 0 Å². The fraction of sp³-hybridized carbons (Fsp3) is 0.385. The fourth-order valence-corrected chi connectivity index (χ4v) is 3.79.